The molecule has 140 valence electrons. The molecule has 0 saturated heterocycles. The Morgan fingerprint density at radius 3 is 2.19 bits per heavy atom. The normalized spacial score (nSPS) is 15.0. The van der Waals surface area contributed by atoms with E-state index in [-0.39, 0.29) is 17.2 Å². The highest BCUT2D eigenvalue weighted by Gasteiger charge is 2.25. The summed E-state index contributed by atoms with van der Waals surface area (Å²) in [5.74, 6) is -2.29. The summed E-state index contributed by atoms with van der Waals surface area (Å²) in [4.78, 5) is 47.8. The maximum atomic E-state index is 12.3. The molecule has 0 aromatic heterocycles. The zero-order valence-corrected chi connectivity index (χ0v) is 14.7. The van der Waals surface area contributed by atoms with Gasteiger partial charge < -0.3 is 14.8 Å². The molecule has 1 aliphatic rings. The second-order valence-electron chi connectivity index (χ2n) is 6.03. The zero-order valence-electron chi connectivity index (χ0n) is 14.7. The number of hydrogen-bond acceptors (Lipinski definition) is 6. The maximum Gasteiger partial charge on any atom is 0.339 e. The zero-order chi connectivity index (χ0) is 19.1. The number of urea groups is 1. The Hall–Kier alpha value is -2.90. The van der Waals surface area contributed by atoms with Gasteiger partial charge in [0.2, 0.25) is 0 Å². The molecule has 1 aromatic carbocycles. The summed E-state index contributed by atoms with van der Waals surface area (Å²) in [5.41, 5.74) is 0.0148. The van der Waals surface area contributed by atoms with E-state index < -0.39 is 30.0 Å². The Bertz CT molecular complexity index is 697. The van der Waals surface area contributed by atoms with Crippen molar-refractivity contribution in [3.63, 3.8) is 0 Å². The third kappa shape index (κ3) is 5.05. The van der Waals surface area contributed by atoms with Gasteiger partial charge >= 0.3 is 18.0 Å². The first kappa shape index (κ1) is 19.4. The molecule has 0 bridgehead atoms. The molecule has 26 heavy (non-hydrogen) atoms. The van der Waals surface area contributed by atoms with Crippen LogP contribution in [0.25, 0.3) is 0 Å². The largest absolute Gasteiger partial charge is 0.465 e. The molecule has 1 aromatic rings. The molecule has 8 nitrogen and oxygen atoms in total. The van der Waals surface area contributed by atoms with Gasteiger partial charge in [-0.1, -0.05) is 25.0 Å². The lowest BCUT2D eigenvalue weighted by Crippen LogP contribution is -2.47. The van der Waals surface area contributed by atoms with Crippen LogP contribution in [0.1, 0.15) is 53.3 Å². The summed E-state index contributed by atoms with van der Waals surface area (Å²) < 4.78 is 9.68. The van der Waals surface area contributed by atoms with Gasteiger partial charge in [-0.05, 0) is 31.9 Å². The second kappa shape index (κ2) is 8.98. The number of ether oxygens (including phenoxy) is 2. The van der Waals surface area contributed by atoms with Crippen LogP contribution in [0.3, 0.4) is 0 Å². The number of carbonyl (C=O) groups excluding carboxylic acids is 4. The number of esters is 2. The Labute approximate surface area is 151 Å². The number of carbonyl (C=O) groups is 4. The van der Waals surface area contributed by atoms with E-state index in [2.05, 4.69) is 15.4 Å². The molecular weight excluding hydrogens is 340 g/mol. The van der Waals surface area contributed by atoms with Crippen molar-refractivity contribution >= 4 is 23.9 Å². The fraction of sp³-hybridized carbons (Fsp3) is 0.444. The molecule has 0 heterocycles. The first-order chi connectivity index (χ1) is 12.4. The third-order valence-electron chi connectivity index (χ3n) is 4.13. The molecule has 2 rings (SSSR count). The lowest BCUT2D eigenvalue weighted by atomic mass is 10.1. The standard InChI is InChI=1S/C18H22N2O6/c1-11(15(21)20-18(24)19-12-7-3-4-8-12)26-17(23)14-10-6-5-9-13(14)16(22)25-2/h5-6,9-12H,3-4,7-8H2,1-2H3,(H2,19,20,21,24). The van der Waals surface area contributed by atoms with Crippen molar-refractivity contribution in [2.24, 2.45) is 0 Å². The van der Waals surface area contributed by atoms with Crippen LogP contribution in [0.4, 0.5) is 4.79 Å². The van der Waals surface area contributed by atoms with Crippen molar-refractivity contribution in [2.75, 3.05) is 7.11 Å². The monoisotopic (exact) mass is 362 g/mol. The Balaban J connectivity index is 1.93. The molecule has 0 spiro atoms. The Morgan fingerprint density at radius 2 is 1.62 bits per heavy atom. The second-order valence-corrected chi connectivity index (χ2v) is 6.03. The van der Waals surface area contributed by atoms with E-state index in [0.29, 0.717) is 0 Å². The van der Waals surface area contributed by atoms with Gasteiger partial charge in [0.1, 0.15) is 0 Å². The van der Waals surface area contributed by atoms with Crippen LogP contribution in [-0.4, -0.2) is 43.1 Å². The molecule has 1 atom stereocenters. The summed E-state index contributed by atoms with van der Waals surface area (Å²) in [6.45, 7) is 1.34. The van der Waals surface area contributed by atoms with Crippen molar-refractivity contribution in [2.45, 2.75) is 44.8 Å². The molecule has 0 radical (unpaired) electrons. The lowest BCUT2D eigenvalue weighted by molar-refractivity contribution is -0.127. The van der Waals surface area contributed by atoms with Crippen molar-refractivity contribution in [3.05, 3.63) is 35.4 Å². The lowest BCUT2D eigenvalue weighted by Gasteiger charge is -2.16. The number of amides is 3. The van der Waals surface area contributed by atoms with Crippen LogP contribution in [0, 0.1) is 0 Å². The van der Waals surface area contributed by atoms with Crippen LogP contribution >= 0.6 is 0 Å². The van der Waals surface area contributed by atoms with Crippen LogP contribution in [0.15, 0.2) is 24.3 Å². The molecular formula is C18H22N2O6. The summed E-state index contributed by atoms with van der Waals surface area (Å²) in [6, 6.07) is 5.40. The summed E-state index contributed by atoms with van der Waals surface area (Å²) in [7, 11) is 1.20. The van der Waals surface area contributed by atoms with E-state index >= 15 is 0 Å². The van der Waals surface area contributed by atoms with E-state index in [1.807, 2.05) is 0 Å². The van der Waals surface area contributed by atoms with Crippen molar-refractivity contribution in [1.29, 1.82) is 0 Å². The van der Waals surface area contributed by atoms with Gasteiger partial charge in [0.15, 0.2) is 6.10 Å². The van der Waals surface area contributed by atoms with E-state index in [1.54, 1.807) is 12.1 Å². The fourth-order valence-corrected chi connectivity index (χ4v) is 2.73. The van der Waals surface area contributed by atoms with Crippen molar-refractivity contribution < 1.29 is 28.7 Å². The summed E-state index contributed by atoms with van der Waals surface area (Å²) >= 11 is 0. The van der Waals surface area contributed by atoms with E-state index in [4.69, 9.17) is 4.74 Å². The molecule has 0 aliphatic heterocycles. The third-order valence-corrected chi connectivity index (χ3v) is 4.13. The van der Waals surface area contributed by atoms with Gasteiger partial charge in [0.25, 0.3) is 5.91 Å². The van der Waals surface area contributed by atoms with E-state index in [0.717, 1.165) is 25.7 Å². The van der Waals surface area contributed by atoms with Gasteiger partial charge in [-0.15, -0.1) is 0 Å². The van der Waals surface area contributed by atoms with Crippen LogP contribution in [0.5, 0.6) is 0 Å². The predicted molar refractivity (Wildman–Crippen MR) is 91.6 cm³/mol. The van der Waals surface area contributed by atoms with Gasteiger partial charge in [0.05, 0.1) is 18.2 Å². The SMILES string of the molecule is COC(=O)c1ccccc1C(=O)OC(C)C(=O)NC(=O)NC1CCCC1. The van der Waals surface area contributed by atoms with Gasteiger partial charge in [-0.2, -0.15) is 0 Å². The van der Waals surface area contributed by atoms with Crippen molar-refractivity contribution in [1.82, 2.24) is 10.6 Å². The molecule has 1 unspecified atom stereocenters. The van der Waals surface area contributed by atoms with Crippen LogP contribution in [0.2, 0.25) is 0 Å². The molecule has 1 saturated carbocycles. The van der Waals surface area contributed by atoms with Gasteiger partial charge in [0, 0.05) is 6.04 Å². The van der Waals surface area contributed by atoms with Crippen LogP contribution < -0.4 is 10.6 Å². The average Bonchev–Trinajstić information content (AvgIpc) is 3.13. The van der Waals surface area contributed by atoms with Crippen molar-refractivity contribution in [3.8, 4) is 0 Å². The summed E-state index contributed by atoms with van der Waals surface area (Å²) in [6.07, 6.45) is 2.66. The highest BCUT2D eigenvalue weighted by atomic mass is 16.5. The minimum absolute atomic E-state index is 0.0191. The molecule has 1 fully saturated rings. The number of nitrogens with one attached hydrogen (secondary N) is 2. The smallest absolute Gasteiger partial charge is 0.339 e. The van der Waals surface area contributed by atoms with Crippen LogP contribution in [-0.2, 0) is 14.3 Å². The number of benzene rings is 1. The highest BCUT2D eigenvalue weighted by Crippen LogP contribution is 2.17. The number of methoxy groups -OCH3 is 1. The highest BCUT2D eigenvalue weighted by molar-refractivity contribution is 6.04. The minimum Gasteiger partial charge on any atom is -0.465 e. The van der Waals surface area contributed by atoms with Gasteiger partial charge in [-0.3, -0.25) is 10.1 Å². The molecule has 8 heteroatoms. The minimum atomic E-state index is -1.21. The van der Waals surface area contributed by atoms with E-state index in [1.165, 1.54) is 26.2 Å². The fourth-order valence-electron chi connectivity index (χ4n) is 2.73. The topological polar surface area (TPSA) is 111 Å². The molecule has 1 aliphatic carbocycles. The number of rotatable bonds is 5. The predicted octanol–water partition coefficient (Wildman–Crippen LogP) is 1.79. The average molecular weight is 362 g/mol. The Morgan fingerprint density at radius 1 is 1.04 bits per heavy atom. The maximum absolute atomic E-state index is 12.3. The first-order valence-corrected chi connectivity index (χ1v) is 8.42. The van der Waals surface area contributed by atoms with Gasteiger partial charge in [-0.25, -0.2) is 14.4 Å². The van der Waals surface area contributed by atoms with E-state index in [9.17, 15) is 19.2 Å². The Kier molecular flexibility index (Phi) is 6.71. The molecule has 3 amide bonds. The summed E-state index contributed by atoms with van der Waals surface area (Å²) in [5, 5.41) is 4.86. The first-order valence-electron chi connectivity index (χ1n) is 8.42. The molecule has 2 N–H and O–H groups in total. The number of imide groups is 1. The number of hydrogen-bond donors (Lipinski definition) is 2. The quantitative estimate of drug-likeness (QED) is 0.773.